The first-order valence-corrected chi connectivity index (χ1v) is 12.3. The average Bonchev–Trinajstić information content (AvgIpc) is 2.73. The third kappa shape index (κ3) is 7.04. The highest BCUT2D eigenvalue weighted by atomic mass is 35.5. The Morgan fingerprint density at radius 2 is 1.87 bits per heavy atom. The van der Waals surface area contributed by atoms with E-state index in [0.717, 1.165) is 31.5 Å². The summed E-state index contributed by atoms with van der Waals surface area (Å²) in [6, 6.07) is 1.89. The van der Waals surface area contributed by atoms with Gasteiger partial charge in [-0.1, -0.05) is 27.7 Å². The molecule has 0 radical (unpaired) electrons. The minimum absolute atomic E-state index is 0.0156. The van der Waals surface area contributed by atoms with Crippen LogP contribution in [0.25, 0.3) is 0 Å². The SMILES string of the molecule is CC(C)[C@H](CN1CCC(C2CCC(Cl)CC2)C(C)(C)C1)NC(=O)CNc1ncccn1. The maximum absolute atomic E-state index is 12.5. The van der Waals surface area contributed by atoms with Gasteiger partial charge in [0.1, 0.15) is 0 Å². The Balaban J connectivity index is 1.50. The Kier molecular flexibility index (Phi) is 8.57. The molecule has 3 rings (SSSR count). The van der Waals surface area contributed by atoms with Crippen molar-refractivity contribution in [2.45, 2.75) is 71.2 Å². The molecule has 2 aliphatic rings. The van der Waals surface area contributed by atoms with Gasteiger partial charge in [0.05, 0.1) is 6.54 Å². The van der Waals surface area contributed by atoms with Crippen molar-refractivity contribution in [2.24, 2.45) is 23.2 Å². The monoisotopic (exact) mass is 449 g/mol. The molecule has 1 saturated carbocycles. The summed E-state index contributed by atoms with van der Waals surface area (Å²) in [5.41, 5.74) is 0.291. The second-order valence-corrected chi connectivity index (χ2v) is 11.1. The van der Waals surface area contributed by atoms with Gasteiger partial charge in [-0.2, -0.15) is 0 Å². The van der Waals surface area contributed by atoms with E-state index in [1.54, 1.807) is 18.5 Å². The van der Waals surface area contributed by atoms with Crippen LogP contribution in [0.4, 0.5) is 5.95 Å². The molecular formula is C24H40ClN5O. The van der Waals surface area contributed by atoms with Crippen LogP contribution in [-0.2, 0) is 4.79 Å². The lowest BCUT2D eigenvalue weighted by Gasteiger charge is -2.49. The standard InChI is InChI=1S/C24H40ClN5O/c1-17(2)21(29-22(31)14-28-23-26-11-5-12-27-23)15-30-13-10-20(24(3,4)16-30)18-6-8-19(25)9-7-18/h5,11-12,17-21H,6-10,13-16H2,1-4H3,(H,29,31)(H,26,27,28)/t18?,19?,20?,21-/m0/s1. The predicted molar refractivity (Wildman–Crippen MR) is 127 cm³/mol. The van der Waals surface area contributed by atoms with Crippen molar-refractivity contribution >= 4 is 23.5 Å². The number of carbonyl (C=O) groups is 1. The van der Waals surface area contributed by atoms with Gasteiger partial charge in [-0.3, -0.25) is 4.79 Å². The van der Waals surface area contributed by atoms with E-state index >= 15 is 0 Å². The fourth-order valence-electron chi connectivity index (χ4n) is 5.50. The number of alkyl halides is 1. The van der Waals surface area contributed by atoms with Crippen LogP contribution in [0.2, 0.25) is 0 Å². The van der Waals surface area contributed by atoms with Gasteiger partial charge < -0.3 is 15.5 Å². The van der Waals surface area contributed by atoms with Crippen molar-refractivity contribution in [1.29, 1.82) is 0 Å². The minimum Gasteiger partial charge on any atom is -0.350 e. The molecular weight excluding hydrogens is 410 g/mol. The number of nitrogens with zero attached hydrogens (tertiary/aromatic N) is 3. The van der Waals surface area contributed by atoms with Gasteiger partial charge in [-0.05, 0) is 67.9 Å². The lowest BCUT2D eigenvalue weighted by atomic mass is 9.64. The zero-order valence-electron chi connectivity index (χ0n) is 19.6. The molecule has 1 amide bonds. The lowest BCUT2D eigenvalue weighted by molar-refractivity contribution is -0.120. The van der Waals surface area contributed by atoms with Crippen LogP contribution < -0.4 is 10.6 Å². The molecule has 0 aromatic carbocycles. The molecule has 7 heteroatoms. The first kappa shape index (κ1) is 24.2. The minimum atomic E-state index is -0.0156. The van der Waals surface area contributed by atoms with E-state index in [4.69, 9.17) is 11.6 Å². The molecule has 2 fully saturated rings. The Bertz CT molecular complexity index is 690. The number of halogens is 1. The summed E-state index contributed by atoms with van der Waals surface area (Å²) in [7, 11) is 0. The molecule has 174 valence electrons. The number of hydrogen-bond acceptors (Lipinski definition) is 5. The quantitative estimate of drug-likeness (QED) is 0.582. The summed E-state index contributed by atoms with van der Waals surface area (Å²) >= 11 is 6.35. The van der Waals surface area contributed by atoms with Crippen LogP contribution in [0.5, 0.6) is 0 Å². The number of nitrogens with one attached hydrogen (secondary N) is 2. The van der Waals surface area contributed by atoms with E-state index < -0.39 is 0 Å². The van der Waals surface area contributed by atoms with Crippen molar-refractivity contribution in [3.8, 4) is 0 Å². The van der Waals surface area contributed by atoms with Crippen molar-refractivity contribution in [3.63, 3.8) is 0 Å². The maximum Gasteiger partial charge on any atom is 0.239 e. The number of amides is 1. The second kappa shape index (κ2) is 11.0. The van der Waals surface area contributed by atoms with Crippen molar-refractivity contribution in [1.82, 2.24) is 20.2 Å². The van der Waals surface area contributed by atoms with E-state index in [2.05, 4.69) is 53.2 Å². The van der Waals surface area contributed by atoms with E-state index in [1.807, 2.05) is 0 Å². The number of hydrogen-bond donors (Lipinski definition) is 2. The summed E-state index contributed by atoms with van der Waals surface area (Å²) < 4.78 is 0. The number of rotatable bonds is 8. The maximum atomic E-state index is 12.5. The number of anilines is 1. The Morgan fingerprint density at radius 3 is 2.48 bits per heavy atom. The van der Waals surface area contributed by atoms with Crippen LogP contribution in [0.15, 0.2) is 18.5 Å². The third-order valence-electron chi connectivity index (χ3n) is 7.24. The van der Waals surface area contributed by atoms with E-state index in [1.165, 1.54) is 32.1 Å². The number of aromatic nitrogens is 2. The largest absolute Gasteiger partial charge is 0.350 e. The van der Waals surface area contributed by atoms with Gasteiger partial charge >= 0.3 is 0 Å². The summed E-state index contributed by atoms with van der Waals surface area (Å²) in [5, 5.41) is 6.61. The highest BCUT2D eigenvalue weighted by Crippen LogP contribution is 2.45. The third-order valence-corrected chi connectivity index (χ3v) is 7.68. The second-order valence-electron chi connectivity index (χ2n) is 10.5. The van der Waals surface area contributed by atoms with Crippen molar-refractivity contribution in [2.75, 3.05) is 31.5 Å². The highest BCUT2D eigenvalue weighted by molar-refractivity contribution is 6.20. The molecule has 2 N–H and O–H groups in total. The van der Waals surface area contributed by atoms with Gasteiger partial charge in [0.25, 0.3) is 0 Å². The molecule has 0 bridgehead atoms. The topological polar surface area (TPSA) is 70.2 Å². The fourth-order valence-corrected chi connectivity index (χ4v) is 5.76. The van der Waals surface area contributed by atoms with E-state index in [9.17, 15) is 4.79 Å². The normalized spacial score (nSPS) is 27.6. The van der Waals surface area contributed by atoms with Gasteiger partial charge in [-0.15, -0.1) is 11.6 Å². The van der Waals surface area contributed by atoms with Crippen LogP contribution in [0.1, 0.15) is 59.8 Å². The molecule has 0 spiro atoms. The number of carbonyl (C=O) groups excluding carboxylic acids is 1. The summed E-state index contributed by atoms with van der Waals surface area (Å²) in [6.07, 6.45) is 9.48. The number of piperidine rings is 1. The Morgan fingerprint density at radius 1 is 1.19 bits per heavy atom. The first-order chi connectivity index (χ1) is 14.7. The van der Waals surface area contributed by atoms with Crippen LogP contribution >= 0.6 is 11.6 Å². The molecule has 1 unspecified atom stereocenters. The number of likely N-dealkylation sites (tertiary alicyclic amines) is 1. The highest BCUT2D eigenvalue weighted by Gasteiger charge is 2.41. The molecule has 1 aliphatic carbocycles. The smallest absolute Gasteiger partial charge is 0.239 e. The molecule has 2 atom stereocenters. The van der Waals surface area contributed by atoms with Gasteiger partial charge in [-0.25, -0.2) is 9.97 Å². The van der Waals surface area contributed by atoms with Crippen LogP contribution in [0, 0.1) is 23.2 Å². The Hall–Kier alpha value is -1.40. The molecule has 31 heavy (non-hydrogen) atoms. The van der Waals surface area contributed by atoms with Gasteiger partial charge in [0.2, 0.25) is 11.9 Å². The van der Waals surface area contributed by atoms with Crippen LogP contribution in [-0.4, -0.2) is 58.4 Å². The first-order valence-electron chi connectivity index (χ1n) is 11.9. The zero-order valence-corrected chi connectivity index (χ0v) is 20.4. The molecule has 6 nitrogen and oxygen atoms in total. The molecule has 1 aromatic heterocycles. The zero-order chi connectivity index (χ0) is 22.4. The van der Waals surface area contributed by atoms with E-state index in [-0.39, 0.29) is 18.5 Å². The average molecular weight is 450 g/mol. The summed E-state index contributed by atoms with van der Waals surface area (Å²) in [5.74, 6) is 2.43. The summed E-state index contributed by atoms with van der Waals surface area (Å²) in [4.78, 5) is 23.3. The molecule has 1 aromatic rings. The van der Waals surface area contributed by atoms with Crippen molar-refractivity contribution in [3.05, 3.63) is 18.5 Å². The molecule has 1 saturated heterocycles. The predicted octanol–water partition coefficient (Wildman–Crippen LogP) is 4.18. The van der Waals surface area contributed by atoms with Crippen molar-refractivity contribution < 1.29 is 4.79 Å². The lowest BCUT2D eigenvalue weighted by Crippen LogP contribution is -2.54. The Labute approximate surface area is 192 Å². The molecule has 1 aliphatic heterocycles. The molecule has 2 heterocycles. The van der Waals surface area contributed by atoms with Gasteiger partial charge in [0.15, 0.2) is 0 Å². The fraction of sp³-hybridized carbons (Fsp3) is 0.792. The van der Waals surface area contributed by atoms with Crippen LogP contribution in [0.3, 0.4) is 0 Å². The summed E-state index contributed by atoms with van der Waals surface area (Å²) in [6.45, 7) is 12.5. The van der Waals surface area contributed by atoms with Gasteiger partial charge in [0, 0.05) is 36.9 Å². The van der Waals surface area contributed by atoms with E-state index in [0.29, 0.717) is 22.7 Å².